The van der Waals surface area contributed by atoms with Crippen molar-refractivity contribution in [1.82, 2.24) is 0 Å². The van der Waals surface area contributed by atoms with Crippen LogP contribution in [0.15, 0.2) is 0 Å². The zero-order chi connectivity index (χ0) is 8.58. The maximum absolute atomic E-state index is 10.2. The van der Waals surface area contributed by atoms with Crippen molar-refractivity contribution < 1.29 is 22.3 Å². The number of hydrogen-bond acceptors (Lipinski definition) is 5. The first-order chi connectivity index (χ1) is 4.15. The lowest BCUT2D eigenvalue weighted by molar-refractivity contribution is 0.271. The Labute approximate surface area is 66.8 Å². The molecule has 2 atom stereocenters. The summed E-state index contributed by atoms with van der Waals surface area (Å²) in [4.78, 5) is 10.2. The van der Waals surface area contributed by atoms with Gasteiger partial charge in [0.2, 0.25) is 17.5 Å². The summed E-state index contributed by atoms with van der Waals surface area (Å²) < 4.78 is 34.8. The Hall–Kier alpha value is 0.330. The van der Waals surface area contributed by atoms with Gasteiger partial charge in [-0.2, -0.15) is 0 Å². The highest BCUT2D eigenvalue weighted by Gasteiger charge is 2.24. The third-order valence-corrected chi connectivity index (χ3v) is 4.16. The van der Waals surface area contributed by atoms with Crippen LogP contribution in [0.4, 0.5) is 4.79 Å². The second kappa shape index (κ2) is 2.75. The van der Waals surface area contributed by atoms with Crippen LogP contribution < -0.4 is 0 Å². The molecule has 0 aliphatic carbocycles. The van der Waals surface area contributed by atoms with E-state index in [0.717, 1.165) is 0 Å². The quantitative estimate of drug-likeness (QED) is 0.573. The van der Waals surface area contributed by atoms with E-state index in [1.165, 1.54) is 0 Å². The molecule has 2 N–H and O–H groups in total. The summed E-state index contributed by atoms with van der Waals surface area (Å²) in [6.07, 6.45) is 0. The fourth-order valence-electron chi connectivity index (χ4n) is 0.133. The van der Waals surface area contributed by atoms with Gasteiger partial charge < -0.3 is 0 Å². The van der Waals surface area contributed by atoms with E-state index in [-0.39, 0.29) is 0 Å². The lowest BCUT2D eigenvalue weighted by Crippen LogP contribution is -2.19. The summed E-state index contributed by atoms with van der Waals surface area (Å²) in [5.41, 5.74) is 0. The summed E-state index contributed by atoms with van der Waals surface area (Å²) in [7, 11) is -8.59. The van der Waals surface area contributed by atoms with E-state index in [2.05, 4.69) is 22.4 Å². The molecule has 0 aliphatic heterocycles. The minimum absolute atomic E-state index is 1.88. The van der Waals surface area contributed by atoms with Gasteiger partial charge >= 0.3 is 4.45 Å². The van der Waals surface area contributed by atoms with Gasteiger partial charge in [-0.05, 0) is 0 Å². The summed E-state index contributed by atoms with van der Waals surface area (Å²) >= 11 is 7.37. The van der Waals surface area contributed by atoms with E-state index in [0.29, 0.717) is 0 Å². The molecule has 0 amide bonds. The van der Waals surface area contributed by atoms with Gasteiger partial charge in [0.25, 0.3) is 0 Å². The number of hydrogen-bond donors (Lipinski definition) is 2. The fourth-order valence-corrected chi connectivity index (χ4v) is 3.25. The minimum atomic E-state index is -4.30. The first kappa shape index (κ1) is 10.3. The number of carbonyl (C=O) groups is 1. The SMILES string of the molecule is O=C(S(=O)(O)=S)S(=O)(O)=S. The maximum Gasteiger partial charge on any atom is 0.359 e. The third-order valence-electron chi connectivity index (χ3n) is 0.421. The molecule has 10 heavy (non-hydrogen) atoms. The van der Waals surface area contributed by atoms with Crippen LogP contribution in [0.1, 0.15) is 0 Å². The Morgan fingerprint density at radius 3 is 1.30 bits per heavy atom. The highest BCUT2D eigenvalue weighted by Crippen LogP contribution is 1.97. The molecule has 60 valence electrons. The van der Waals surface area contributed by atoms with Crippen LogP contribution in [0.25, 0.3) is 0 Å². The molecule has 0 rings (SSSR count). The van der Waals surface area contributed by atoms with Crippen molar-refractivity contribution in [1.29, 1.82) is 0 Å². The van der Waals surface area contributed by atoms with Crippen molar-refractivity contribution in [3.05, 3.63) is 0 Å². The molecule has 0 fully saturated rings. The molecular weight excluding hydrogens is 220 g/mol. The van der Waals surface area contributed by atoms with Gasteiger partial charge in [-0.25, -0.2) is 8.42 Å². The molecule has 0 saturated carbocycles. The van der Waals surface area contributed by atoms with Crippen LogP contribution in [0.3, 0.4) is 0 Å². The molecule has 0 aromatic carbocycles. The van der Waals surface area contributed by atoms with E-state index in [1.807, 2.05) is 0 Å². The van der Waals surface area contributed by atoms with Crippen molar-refractivity contribution in [3.8, 4) is 0 Å². The topological polar surface area (TPSA) is 91.7 Å². The van der Waals surface area contributed by atoms with Gasteiger partial charge in [0, 0.05) is 22.4 Å². The number of rotatable bonds is 0. The Balaban J connectivity index is 5.16. The molecule has 0 bridgehead atoms. The predicted molar refractivity (Wildman–Crippen MR) is 41.7 cm³/mol. The Morgan fingerprint density at radius 2 is 1.30 bits per heavy atom. The van der Waals surface area contributed by atoms with E-state index in [4.69, 9.17) is 9.11 Å². The summed E-state index contributed by atoms with van der Waals surface area (Å²) in [6, 6.07) is 0. The molecule has 0 saturated heterocycles. The second-order valence-corrected chi connectivity index (χ2v) is 6.81. The molecule has 0 heterocycles. The van der Waals surface area contributed by atoms with Crippen LogP contribution in [0.5, 0.6) is 0 Å². The molecule has 0 radical (unpaired) electrons. The second-order valence-electron chi connectivity index (χ2n) is 1.20. The molecular formula is CH2O5S4. The van der Waals surface area contributed by atoms with Gasteiger partial charge in [0.15, 0.2) is 0 Å². The summed E-state index contributed by atoms with van der Waals surface area (Å²) in [5, 5.41) is 0. The molecule has 2 unspecified atom stereocenters. The van der Waals surface area contributed by atoms with Crippen molar-refractivity contribution in [2.75, 3.05) is 0 Å². The van der Waals surface area contributed by atoms with Crippen molar-refractivity contribution in [2.24, 2.45) is 0 Å². The maximum atomic E-state index is 10.2. The Kier molecular flexibility index (Phi) is 2.85. The van der Waals surface area contributed by atoms with E-state index in [1.54, 1.807) is 0 Å². The number of carbonyl (C=O) groups excluding carboxylic acids is 1. The molecule has 0 aliphatic rings. The normalized spacial score (nSPS) is 22.6. The van der Waals surface area contributed by atoms with Crippen LogP contribution >= 0.6 is 0 Å². The van der Waals surface area contributed by atoms with Gasteiger partial charge in [-0.15, -0.1) is 0 Å². The van der Waals surface area contributed by atoms with Gasteiger partial charge in [-0.1, -0.05) is 0 Å². The first-order valence-corrected chi connectivity index (χ1v) is 6.52. The van der Waals surface area contributed by atoms with Gasteiger partial charge in [-0.3, -0.25) is 13.9 Å². The molecule has 9 heteroatoms. The standard InChI is InChI=1S/CH2O5S4/c2-1(9(3,4)7)10(5,6)8/h(H,3,4,7)(H,5,6,8). The van der Waals surface area contributed by atoms with E-state index < -0.39 is 22.0 Å². The van der Waals surface area contributed by atoms with Crippen LogP contribution in [-0.2, 0) is 39.9 Å². The average molecular weight is 222 g/mol. The largest absolute Gasteiger partial charge is 0.359 e. The van der Waals surface area contributed by atoms with Gasteiger partial charge in [0.1, 0.15) is 0 Å². The highest BCUT2D eigenvalue weighted by molar-refractivity contribution is 8.56. The van der Waals surface area contributed by atoms with E-state index in [9.17, 15) is 13.2 Å². The molecule has 0 aromatic heterocycles. The van der Waals surface area contributed by atoms with Crippen molar-refractivity contribution >= 4 is 44.4 Å². The van der Waals surface area contributed by atoms with Gasteiger partial charge in [0.05, 0.1) is 0 Å². The Morgan fingerprint density at radius 1 is 1.10 bits per heavy atom. The monoisotopic (exact) mass is 222 g/mol. The van der Waals surface area contributed by atoms with Crippen LogP contribution in [0, 0.1) is 0 Å². The lowest BCUT2D eigenvalue weighted by atomic mass is 11.8. The fraction of sp³-hybridized carbons (Fsp3) is 0. The smallest absolute Gasteiger partial charge is 0.299 e. The highest BCUT2D eigenvalue weighted by atomic mass is 32.9. The third kappa shape index (κ3) is 2.94. The zero-order valence-corrected chi connectivity index (χ0v) is 7.52. The molecule has 5 nitrogen and oxygen atoms in total. The van der Waals surface area contributed by atoms with Crippen molar-refractivity contribution in [3.63, 3.8) is 0 Å². The van der Waals surface area contributed by atoms with Crippen LogP contribution in [-0.4, -0.2) is 22.0 Å². The minimum Gasteiger partial charge on any atom is -0.299 e. The summed E-state index contributed by atoms with van der Waals surface area (Å²) in [5.74, 6) is 0. The average Bonchev–Trinajstić information content (AvgIpc) is 1.59. The van der Waals surface area contributed by atoms with E-state index >= 15 is 0 Å². The zero-order valence-electron chi connectivity index (χ0n) is 4.25. The van der Waals surface area contributed by atoms with Crippen molar-refractivity contribution in [2.45, 2.75) is 0 Å². The first-order valence-electron chi connectivity index (χ1n) is 1.64. The molecule has 0 spiro atoms. The Bertz CT molecular complexity index is 296. The molecule has 0 aromatic rings. The summed E-state index contributed by atoms with van der Waals surface area (Å²) in [6.45, 7) is 0. The lowest BCUT2D eigenvalue weighted by Gasteiger charge is -1.94. The predicted octanol–water partition coefficient (Wildman–Crippen LogP) is -0.455. The van der Waals surface area contributed by atoms with Crippen LogP contribution in [0.2, 0.25) is 0 Å².